The molecule has 0 fully saturated rings. The van der Waals surface area contributed by atoms with Crippen LogP contribution in [0, 0.1) is 9.39 Å². The van der Waals surface area contributed by atoms with Crippen LogP contribution in [0.3, 0.4) is 0 Å². The second kappa shape index (κ2) is 8.48. The summed E-state index contributed by atoms with van der Waals surface area (Å²) in [6.45, 7) is 5.62. The minimum atomic E-state index is -0.665. The van der Waals surface area contributed by atoms with Gasteiger partial charge < -0.3 is 9.47 Å². The van der Waals surface area contributed by atoms with Crippen molar-refractivity contribution in [3.63, 3.8) is 0 Å². The maximum absolute atomic E-state index is 14.8. The smallest absolute Gasteiger partial charge is 0.416 e. The number of benzene rings is 2. The highest BCUT2D eigenvalue weighted by Gasteiger charge is 2.23. The third kappa shape index (κ3) is 5.11. The van der Waals surface area contributed by atoms with E-state index < -0.39 is 17.5 Å². The van der Waals surface area contributed by atoms with Crippen LogP contribution in [-0.4, -0.2) is 28.7 Å². The van der Waals surface area contributed by atoms with Gasteiger partial charge >= 0.3 is 6.09 Å². The van der Waals surface area contributed by atoms with Crippen LogP contribution in [0.4, 0.5) is 15.1 Å². The Kier molecular flexibility index (Phi) is 6.21. The Labute approximate surface area is 182 Å². The van der Waals surface area contributed by atoms with Gasteiger partial charge in [0.25, 0.3) is 0 Å². The zero-order valence-electron chi connectivity index (χ0n) is 16.6. The van der Waals surface area contributed by atoms with Crippen molar-refractivity contribution in [2.24, 2.45) is 0 Å². The summed E-state index contributed by atoms with van der Waals surface area (Å²) in [6.07, 6.45) is 0.835. The van der Waals surface area contributed by atoms with Crippen molar-refractivity contribution in [3.8, 4) is 5.75 Å². The van der Waals surface area contributed by atoms with Gasteiger partial charge in [-0.05, 0) is 55.0 Å². The van der Waals surface area contributed by atoms with Crippen LogP contribution in [0.25, 0.3) is 10.9 Å². The van der Waals surface area contributed by atoms with E-state index >= 15 is 0 Å². The van der Waals surface area contributed by atoms with E-state index in [1.807, 2.05) is 52.9 Å². The van der Waals surface area contributed by atoms with E-state index in [0.717, 1.165) is 10.5 Å². The zero-order valence-corrected chi connectivity index (χ0v) is 18.7. The van der Waals surface area contributed by atoms with Crippen molar-refractivity contribution in [2.45, 2.75) is 33.0 Å². The molecule has 152 valence electrons. The van der Waals surface area contributed by atoms with Gasteiger partial charge in [-0.3, -0.25) is 0 Å². The van der Waals surface area contributed by atoms with Gasteiger partial charge in [0.1, 0.15) is 23.5 Å². The zero-order chi connectivity index (χ0) is 21.2. The van der Waals surface area contributed by atoms with Gasteiger partial charge in [-0.1, -0.05) is 30.3 Å². The molecule has 0 aliphatic rings. The summed E-state index contributed by atoms with van der Waals surface area (Å²) in [4.78, 5) is 21.9. The summed E-state index contributed by atoms with van der Waals surface area (Å²) in [5.74, 6) is 0.0247. The molecule has 2 aromatic carbocycles. The molecular weight excluding hydrogens is 488 g/mol. The second-order valence-electron chi connectivity index (χ2n) is 7.42. The lowest BCUT2D eigenvalue weighted by Gasteiger charge is -2.23. The van der Waals surface area contributed by atoms with E-state index in [-0.39, 0.29) is 11.5 Å². The van der Waals surface area contributed by atoms with Crippen LogP contribution in [0.1, 0.15) is 26.3 Å². The van der Waals surface area contributed by atoms with Gasteiger partial charge in [0.05, 0.1) is 8.96 Å². The number of halogens is 2. The number of hydrogen-bond acceptors (Lipinski definition) is 5. The predicted molar refractivity (Wildman–Crippen MR) is 118 cm³/mol. The Morgan fingerprint density at radius 1 is 1.24 bits per heavy atom. The van der Waals surface area contributed by atoms with Crippen molar-refractivity contribution in [1.29, 1.82) is 0 Å². The van der Waals surface area contributed by atoms with E-state index in [4.69, 9.17) is 9.47 Å². The molecule has 0 unspecified atom stereocenters. The van der Waals surface area contributed by atoms with Crippen LogP contribution in [0.2, 0.25) is 0 Å². The van der Waals surface area contributed by atoms with E-state index in [1.54, 1.807) is 26.8 Å². The molecule has 1 amide bonds. The number of amides is 1. The van der Waals surface area contributed by atoms with E-state index in [2.05, 4.69) is 9.97 Å². The molecule has 0 bridgehead atoms. The molecule has 8 heteroatoms. The third-order valence-electron chi connectivity index (χ3n) is 3.92. The van der Waals surface area contributed by atoms with E-state index in [9.17, 15) is 9.18 Å². The summed E-state index contributed by atoms with van der Waals surface area (Å²) < 4.78 is 26.3. The van der Waals surface area contributed by atoms with Crippen LogP contribution in [0.15, 0.2) is 42.6 Å². The number of ether oxygens (including phenoxy) is 2. The first kappa shape index (κ1) is 21.2. The summed E-state index contributed by atoms with van der Waals surface area (Å²) >= 11 is 1.89. The molecule has 6 nitrogen and oxygen atoms in total. The summed E-state index contributed by atoms with van der Waals surface area (Å²) in [5.41, 5.74) is 0.406. The van der Waals surface area contributed by atoms with Crippen LogP contribution in [0.5, 0.6) is 5.75 Å². The average Bonchev–Trinajstić information content (AvgIpc) is 2.68. The molecule has 3 rings (SSSR count). The van der Waals surface area contributed by atoms with Gasteiger partial charge in [-0.2, -0.15) is 0 Å². The second-order valence-corrected chi connectivity index (χ2v) is 8.58. The lowest BCUT2D eigenvalue weighted by molar-refractivity contribution is 0.0587. The maximum Gasteiger partial charge on any atom is 0.416 e. The Morgan fingerprint density at radius 2 is 1.93 bits per heavy atom. The molecule has 0 aliphatic heterocycles. The minimum absolute atomic E-state index is 0.0432. The van der Waals surface area contributed by atoms with Gasteiger partial charge in [-0.25, -0.2) is 24.1 Å². The highest BCUT2D eigenvalue weighted by Crippen LogP contribution is 2.31. The molecular formula is C21H21FIN3O3. The van der Waals surface area contributed by atoms with Gasteiger partial charge in [0.2, 0.25) is 5.95 Å². The summed E-state index contributed by atoms with van der Waals surface area (Å²) in [7, 11) is 1.48. The van der Waals surface area contributed by atoms with Crippen molar-refractivity contribution in [2.75, 3.05) is 11.9 Å². The molecule has 29 heavy (non-hydrogen) atoms. The number of hydrogen-bond donors (Lipinski definition) is 0. The van der Waals surface area contributed by atoms with Gasteiger partial charge in [0.15, 0.2) is 5.82 Å². The fourth-order valence-electron chi connectivity index (χ4n) is 2.52. The topological polar surface area (TPSA) is 64.6 Å². The Balaban J connectivity index is 1.93. The number of carbonyl (C=O) groups is 1. The van der Waals surface area contributed by atoms with Crippen molar-refractivity contribution >= 4 is 45.5 Å². The lowest BCUT2D eigenvalue weighted by atomic mass is 10.2. The number of aromatic nitrogens is 2. The molecule has 0 radical (unpaired) electrons. The quantitative estimate of drug-likeness (QED) is 0.446. The largest absolute Gasteiger partial charge is 0.488 e. The van der Waals surface area contributed by atoms with Crippen molar-refractivity contribution in [1.82, 2.24) is 9.97 Å². The first-order valence-electron chi connectivity index (χ1n) is 8.94. The maximum atomic E-state index is 14.8. The molecule has 0 saturated carbocycles. The number of fused-ring (bicyclic) bond motifs is 1. The van der Waals surface area contributed by atoms with Gasteiger partial charge in [-0.15, -0.1) is 0 Å². The van der Waals surface area contributed by atoms with Crippen molar-refractivity contribution in [3.05, 3.63) is 57.5 Å². The van der Waals surface area contributed by atoms with Gasteiger partial charge in [0, 0.05) is 13.2 Å². The fourth-order valence-corrected chi connectivity index (χ4v) is 3.06. The highest BCUT2D eigenvalue weighted by molar-refractivity contribution is 14.1. The summed E-state index contributed by atoms with van der Waals surface area (Å²) in [5, 5.41) is 0.431. The molecule has 0 spiro atoms. The first-order valence-corrected chi connectivity index (χ1v) is 10.0. The average molecular weight is 509 g/mol. The molecule has 0 N–H and O–H groups in total. The standard InChI is InChI=1S/C21H21FIN3O3/c1-21(2,3)29-20(27)26(4)19-24-11-14-16(10-15(23)17(22)18(14)25-19)28-12-13-8-6-5-7-9-13/h5-11H,12H2,1-4H3. The number of carbonyl (C=O) groups excluding carboxylic acids is 1. The number of anilines is 1. The van der Waals surface area contributed by atoms with Crippen LogP contribution < -0.4 is 9.64 Å². The van der Waals surface area contributed by atoms with E-state index in [1.165, 1.54) is 13.2 Å². The normalized spacial score (nSPS) is 11.4. The van der Waals surface area contributed by atoms with Crippen LogP contribution in [-0.2, 0) is 11.3 Å². The Morgan fingerprint density at radius 3 is 2.59 bits per heavy atom. The van der Waals surface area contributed by atoms with E-state index in [0.29, 0.717) is 21.3 Å². The first-order chi connectivity index (χ1) is 13.7. The molecule has 3 aromatic rings. The highest BCUT2D eigenvalue weighted by atomic mass is 127. The molecule has 0 saturated heterocycles. The number of nitrogens with zero attached hydrogens (tertiary/aromatic N) is 3. The molecule has 1 heterocycles. The predicted octanol–water partition coefficient (Wildman–Crippen LogP) is 5.32. The molecule has 0 atom stereocenters. The van der Waals surface area contributed by atoms with Crippen molar-refractivity contribution < 1.29 is 18.7 Å². The minimum Gasteiger partial charge on any atom is -0.488 e. The summed E-state index contributed by atoms with van der Waals surface area (Å²) in [6, 6.07) is 11.3. The monoisotopic (exact) mass is 509 g/mol. The Bertz CT molecular complexity index is 1040. The number of rotatable bonds is 4. The molecule has 1 aromatic heterocycles. The third-order valence-corrected chi connectivity index (χ3v) is 4.71. The molecule has 0 aliphatic carbocycles. The van der Waals surface area contributed by atoms with Crippen LogP contribution >= 0.6 is 22.6 Å². The Hall–Kier alpha value is -2.49. The SMILES string of the molecule is CN(C(=O)OC(C)(C)C)c1ncc2c(OCc3ccccc3)cc(I)c(F)c2n1. The fraction of sp³-hybridized carbons (Fsp3) is 0.286. The lowest BCUT2D eigenvalue weighted by Crippen LogP contribution is -2.35.